The molecule has 1 unspecified atom stereocenters. The second-order valence-electron chi connectivity index (χ2n) is 4.99. The van der Waals surface area contributed by atoms with Gasteiger partial charge in [0.1, 0.15) is 5.41 Å². The van der Waals surface area contributed by atoms with E-state index in [4.69, 9.17) is 0 Å². The first-order valence-electron chi connectivity index (χ1n) is 6.13. The Balaban J connectivity index is 3.41. The number of hydrogen-bond donors (Lipinski definition) is 0. The van der Waals surface area contributed by atoms with Crippen LogP contribution in [0.1, 0.15) is 26.7 Å². The van der Waals surface area contributed by atoms with Crippen LogP contribution in [0.2, 0.25) is 0 Å². The molecule has 1 saturated heterocycles. The molecular weight excluding hydrogens is 312 g/mol. The maximum absolute atomic E-state index is 12.5. The lowest BCUT2D eigenvalue weighted by Crippen LogP contribution is -2.65. The quantitative estimate of drug-likeness (QED) is 0.743. The summed E-state index contributed by atoms with van der Waals surface area (Å²) >= 11 is 3.23. The second-order valence-corrected chi connectivity index (χ2v) is 6.11. The number of hydrogen-bond acceptors (Lipinski definition) is 3. The molecule has 1 heterocycles. The zero-order chi connectivity index (χ0) is 15.0. The molecule has 19 heavy (non-hydrogen) atoms. The van der Waals surface area contributed by atoms with Crippen LogP contribution >= 0.6 is 15.9 Å². The third-order valence-electron chi connectivity index (χ3n) is 3.87. The number of halogens is 1. The minimum Gasteiger partial charge on any atom is -0.273 e. The van der Waals surface area contributed by atoms with E-state index in [9.17, 15) is 14.4 Å². The van der Waals surface area contributed by atoms with E-state index in [-0.39, 0.29) is 12.3 Å². The van der Waals surface area contributed by atoms with Crippen molar-refractivity contribution in [1.82, 2.24) is 9.80 Å². The molecule has 4 amide bonds. The molecule has 0 aliphatic carbocycles. The Morgan fingerprint density at radius 1 is 1.26 bits per heavy atom. The van der Waals surface area contributed by atoms with E-state index >= 15 is 0 Å². The number of nitrogens with zero attached hydrogens (tertiary/aromatic N) is 2. The van der Waals surface area contributed by atoms with Gasteiger partial charge in [0, 0.05) is 20.5 Å². The van der Waals surface area contributed by atoms with Crippen LogP contribution in [0.3, 0.4) is 0 Å². The highest BCUT2D eigenvalue weighted by atomic mass is 79.9. The van der Waals surface area contributed by atoms with Crippen molar-refractivity contribution in [2.75, 3.05) is 14.1 Å². The van der Waals surface area contributed by atoms with Crippen LogP contribution in [0, 0.1) is 11.3 Å². The van der Waals surface area contributed by atoms with Gasteiger partial charge in [-0.15, -0.1) is 0 Å². The number of allylic oxidation sites excluding steroid dienone is 1. The lowest BCUT2D eigenvalue weighted by atomic mass is 9.69. The zero-order valence-electron chi connectivity index (χ0n) is 11.7. The smallest absolute Gasteiger partial charge is 0.273 e. The first-order valence-corrected chi connectivity index (χ1v) is 6.93. The summed E-state index contributed by atoms with van der Waals surface area (Å²) in [6.07, 6.45) is 0.856. The summed E-state index contributed by atoms with van der Waals surface area (Å²) in [7, 11) is 2.81. The van der Waals surface area contributed by atoms with Crippen LogP contribution in [0.5, 0.6) is 0 Å². The van der Waals surface area contributed by atoms with Crippen molar-refractivity contribution in [2.45, 2.75) is 26.7 Å². The number of barbiturate groups is 1. The van der Waals surface area contributed by atoms with E-state index < -0.39 is 23.3 Å². The molecule has 1 atom stereocenters. The van der Waals surface area contributed by atoms with Gasteiger partial charge in [0.05, 0.1) is 0 Å². The highest BCUT2D eigenvalue weighted by molar-refractivity contribution is 9.11. The Morgan fingerprint density at radius 2 is 1.68 bits per heavy atom. The van der Waals surface area contributed by atoms with Gasteiger partial charge in [-0.25, -0.2) is 4.79 Å². The predicted octanol–water partition coefficient (Wildman–Crippen LogP) is 2.37. The summed E-state index contributed by atoms with van der Waals surface area (Å²) in [5, 5.41) is 0. The van der Waals surface area contributed by atoms with Crippen molar-refractivity contribution < 1.29 is 14.4 Å². The Labute approximate surface area is 121 Å². The standard InChI is InChI=1S/C13H19BrN2O3/c1-6-8(2)13(7-9(3)14)10(17)15(4)12(19)16(5)11(13)18/h8H,3,6-7H2,1-2,4-5H3. The van der Waals surface area contributed by atoms with Crippen LogP contribution in [-0.2, 0) is 9.59 Å². The van der Waals surface area contributed by atoms with Gasteiger partial charge < -0.3 is 0 Å². The zero-order valence-corrected chi connectivity index (χ0v) is 13.3. The topological polar surface area (TPSA) is 57.7 Å². The third kappa shape index (κ3) is 2.33. The highest BCUT2D eigenvalue weighted by Crippen LogP contribution is 2.43. The van der Waals surface area contributed by atoms with Crippen LogP contribution < -0.4 is 0 Å². The molecule has 1 aliphatic rings. The molecule has 1 fully saturated rings. The highest BCUT2D eigenvalue weighted by Gasteiger charge is 2.57. The second kappa shape index (κ2) is 5.45. The largest absolute Gasteiger partial charge is 0.332 e. The van der Waals surface area contributed by atoms with Crippen LogP contribution in [0.4, 0.5) is 4.79 Å². The maximum Gasteiger partial charge on any atom is 0.332 e. The molecule has 0 aromatic carbocycles. The van der Waals surface area contributed by atoms with Crippen molar-refractivity contribution in [3.8, 4) is 0 Å². The van der Waals surface area contributed by atoms with Crippen molar-refractivity contribution in [3.05, 3.63) is 11.1 Å². The van der Waals surface area contributed by atoms with Gasteiger partial charge in [-0.3, -0.25) is 19.4 Å². The van der Waals surface area contributed by atoms with Gasteiger partial charge in [0.15, 0.2) is 0 Å². The summed E-state index contributed by atoms with van der Waals surface area (Å²) in [5.74, 6) is -1.08. The molecule has 106 valence electrons. The molecular formula is C13H19BrN2O3. The average molecular weight is 331 g/mol. The number of imide groups is 2. The molecule has 0 bridgehead atoms. The van der Waals surface area contributed by atoms with E-state index in [0.717, 1.165) is 9.80 Å². The van der Waals surface area contributed by atoms with E-state index in [2.05, 4.69) is 22.5 Å². The van der Waals surface area contributed by atoms with Gasteiger partial charge >= 0.3 is 6.03 Å². The number of carbonyl (C=O) groups is 3. The minimum atomic E-state index is -1.24. The summed E-state index contributed by atoms with van der Waals surface area (Å²) < 4.78 is 0.575. The van der Waals surface area contributed by atoms with E-state index in [0.29, 0.717) is 10.9 Å². The normalized spacial score (nSPS) is 20.8. The number of rotatable bonds is 4. The van der Waals surface area contributed by atoms with E-state index in [1.807, 2.05) is 13.8 Å². The lowest BCUT2D eigenvalue weighted by Gasteiger charge is -2.44. The minimum absolute atomic E-state index is 0.181. The first-order chi connectivity index (χ1) is 8.70. The van der Waals surface area contributed by atoms with Gasteiger partial charge in [-0.1, -0.05) is 42.8 Å². The Kier molecular flexibility index (Phi) is 4.55. The lowest BCUT2D eigenvalue weighted by molar-refractivity contribution is -0.161. The van der Waals surface area contributed by atoms with E-state index in [1.165, 1.54) is 14.1 Å². The van der Waals surface area contributed by atoms with Crippen molar-refractivity contribution >= 4 is 33.8 Å². The molecule has 1 rings (SSSR count). The molecule has 0 spiro atoms. The summed E-state index contributed by atoms with van der Waals surface area (Å²) in [4.78, 5) is 38.9. The molecule has 6 heteroatoms. The first kappa shape index (κ1) is 15.9. The van der Waals surface area contributed by atoms with Crippen LogP contribution in [0.15, 0.2) is 11.1 Å². The van der Waals surface area contributed by atoms with Crippen molar-refractivity contribution in [3.63, 3.8) is 0 Å². The Hall–Kier alpha value is -1.17. The molecule has 1 aliphatic heterocycles. The van der Waals surface area contributed by atoms with Crippen molar-refractivity contribution in [2.24, 2.45) is 11.3 Å². The fourth-order valence-electron chi connectivity index (χ4n) is 2.49. The number of amides is 4. The molecule has 0 saturated carbocycles. The van der Waals surface area contributed by atoms with Gasteiger partial charge in [0.25, 0.3) is 0 Å². The fraction of sp³-hybridized carbons (Fsp3) is 0.615. The monoisotopic (exact) mass is 330 g/mol. The summed E-state index contributed by atoms with van der Waals surface area (Å²) in [6, 6.07) is -0.589. The number of urea groups is 1. The maximum atomic E-state index is 12.5. The molecule has 0 aromatic heterocycles. The van der Waals surface area contributed by atoms with Crippen LogP contribution in [0.25, 0.3) is 0 Å². The Bertz CT molecular complexity index is 423. The third-order valence-corrected chi connectivity index (χ3v) is 4.15. The summed E-state index contributed by atoms with van der Waals surface area (Å²) in [6.45, 7) is 7.51. The molecule has 0 radical (unpaired) electrons. The van der Waals surface area contributed by atoms with Crippen molar-refractivity contribution in [1.29, 1.82) is 0 Å². The fourth-order valence-corrected chi connectivity index (χ4v) is 2.93. The van der Waals surface area contributed by atoms with Gasteiger partial charge in [0.2, 0.25) is 11.8 Å². The van der Waals surface area contributed by atoms with Gasteiger partial charge in [-0.05, 0) is 10.4 Å². The van der Waals surface area contributed by atoms with E-state index in [1.54, 1.807) is 0 Å². The Morgan fingerprint density at radius 3 is 2.00 bits per heavy atom. The average Bonchev–Trinajstić information content (AvgIpc) is 2.38. The van der Waals surface area contributed by atoms with Crippen LogP contribution in [-0.4, -0.2) is 41.7 Å². The van der Waals surface area contributed by atoms with Gasteiger partial charge in [-0.2, -0.15) is 0 Å². The summed E-state index contributed by atoms with van der Waals surface area (Å²) in [5.41, 5.74) is -1.24. The molecule has 0 N–H and O–H groups in total. The number of carbonyl (C=O) groups excluding carboxylic acids is 3. The molecule has 0 aromatic rings. The SMILES string of the molecule is C=C(Br)CC1(C(C)CC)C(=O)N(C)C(=O)N(C)C1=O. The molecule has 5 nitrogen and oxygen atoms in total. The predicted molar refractivity (Wildman–Crippen MR) is 75.5 cm³/mol.